The molecule has 1 amide bonds. The lowest BCUT2D eigenvalue weighted by Crippen LogP contribution is -2.24. The van der Waals surface area contributed by atoms with E-state index < -0.39 is 0 Å². The minimum absolute atomic E-state index is 0.243. The number of hydrogen-bond donors (Lipinski definition) is 1. The van der Waals surface area contributed by atoms with Crippen molar-refractivity contribution in [2.24, 2.45) is 7.05 Å². The van der Waals surface area contributed by atoms with Crippen molar-refractivity contribution >= 4 is 22.4 Å². The maximum atomic E-state index is 13.0. The first-order chi connectivity index (χ1) is 13.1. The highest BCUT2D eigenvalue weighted by Crippen LogP contribution is 2.34. The van der Waals surface area contributed by atoms with Crippen molar-refractivity contribution in [2.45, 2.75) is 25.4 Å². The molecule has 0 saturated carbocycles. The maximum absolute atomic E-state index is 13.0. The van der Waals surface area contributed by atoms with Crippen LogP contribution in [0.1, 0.15) is 40.6 Å². The molecule has 1 aliphatic heterocycles. The van der Waals surface area contributed by atoms with Gasteiger partial charge in [-0.3, -0.25) is 19.7 Å². The lowest BCUT2D eigenvalue weighted by atomic mass is 10.1. The summed E-state index contributed by atoms with van der Waals surface area (Å²) in [5, 5.41) is 9.61. The lowest BCUT2D eigenvalue weighted by molar-refractivity contribution is 0.102. The van der Waals surface area contributed by atoms with Gasteiger partial charge in [0.05, 0.1) is 17.4 Å². The van der Waals surface area contributed by atoms with Crippen molar-refractivity contribution in [3.05, 3.63) is 64.7 Å². The van der Waals surface area contributed by atoms with Gasteiger partial charge in [0.2, 0.25) is 0 Å². The smallest absolute Gasteiger partial charge is 0.257 e. The third-order valence-corrected chi connectivity index (χ3v) is 5.62. The fourth-order valence-electron chi connectivity index (χ4n) is 3.38. The van der Waals surface area contributed by atoms with Crippen LogP contribution in [0.3, 0.4) is 0 Å². The largest absolute Gasteiger partial charge is 0.298 e. The number of likely N-dealkylation sites (tertiary alicyclic amines) is 1. The van der Waals surface area contributed by atoms with E-state index in [1.807, 2.05) is 29.4 Å². The van der Waals surface area contributed by atoms with E-state index in [2.05, 4.69) is 20.3 Å². The Morgan fingerprint density at radius 2 is 2.15 bits per heavy atom. The molecule has 140 valence electrons. The van der Waals surface area contributed by atoms with Gasteiger partial charge in [-0.15, -0.1) is 11.3 Å². The van der Waals surface area contributed by atoms with Crippen molar-refractivity contribution in [3.63, 3.8) is 0 Å². The standard InChI is InChI=1S/C19H20FN5OS/c1-24-15(8-9-21-24)11-25-10-2-3-17(25)16-12-27-19(22-16)23-18(26)13-4-6-14(20)7-5-13/h4-9,12,17H,2-3,10-11H2,1H3,(H,22,23,26)/t17-/m0/s1. The van der Waals surface area contributed by atoms with E-state index >= 15 is 0 Å². The Balaban J connectivity index is 1.44. The highest BCUT2D eigenvalue weighted by atomic mass is 32.1. The van der Waals surface area contributed by atoms with Crippen LogP contribution in [0.4, 0.5) is 9.52 Å². The first-order valence-corrected chi connectivity index (χ1v) is 9.71. The maximum Gasteiger partial charge on any atom is 0.257 e. The fraction of sp³-hybridized carbons (Fsp3) is 0.316. The number of nitrogens with zero attached hydrogens (tertiary/aromatic N) is 4. The van der Waals surface area contributed by atoms with Crippen LogP contribution in [-0.2, 0) is 13.6 Å². The number of thiazole rings is 1. The van der Waals surface area contributed by atoms with E-state index in [0.29, 0.717) is 10.7 Å². The zero-order valence-corrected chi connectivity index (χ0v) is 15.7. The molecule has 4 rings (SSSR count). The molecule has 1 atom stereocenters. The van der Waals surface area contributed by atoms with Crippen LogP contribution in [0, 0.1) is 5.82 Å². The zero-order chi connectivity index (χ0) is 18.8. The molecule has 1 aliphatic rings. The summed E-state index contributed by atoms with van der Waals surface area (Å²) in [6.45, 7) is 1.85. The molecule has 3 aromatic rings. The molecule has 27 heavy (non-hydrogen) atoms. The van der Waals surface area contributed by atoms with E-state index in [9.17, 15) is 9.18 Å². The molecule has 6 nitrogen and oxygen atoms in total. The SMILES string of the molecule is Cn1nccc1CN1CCC[C@H]1c1csc(NC(=O)c2ccc(F)cc2)n1. The van der Waals surface area contributed by atoms with E-state index in [4.69, 9.17) is 0 Å². The van der Waals surface area contributed by atoms with Gasteiger partial charge in [-0.05, 0) is 49.7 Å². The van der Waals surface area contributed by atoms with Crippen LogP contribution < -0.4 is 5.32 Å². The average molecular weight is 385 g/mol. The summed E-state index contributed by atoms with van der Waals surface area (Å²) in [5.74, 6) is -0.646. The summed E-state index contributed by atoms with van der Waals surface area (Å²) in [6, 6.07) is 7.75. The van der Waals surface area contributed by atoms with Crippen LogP contribution in [-0.4, -0.2) is 32.1 Å². The fourth-order valence-corrected chi connectivity index (χ4v) is 4.13. The van der Waals surface area contributed by atoms with E-state index in [1.54, 1.807) is 0 Å². The molecule has 1 saturated heterocycles. The predicted molar refractivity (Wildman–Crippen MR) is 102 cm³/mol. The molecule has 0 radical (unpaired) electrons. The molecule has 1 fully saturated rings. The van der Waals surface area contributed by atoms with Crippen molar-refractivity contribution < 1.29 is 9.18 Å². The molecule has 2 aromatic heterocycles. The number of halogens is 1. The van der Waals surface area contributed by atoms with Gasteiger partial charge in [-0.25, -0.2) is 9.37 Å². The Hall–Kier alpha value is -2.58. The highest BCUT2D eigenvalue weighted by molar-refractivity contribution is 7.14. The lowest BCUT2D eigenvalue weighted by Gasteiger charge is -2.22. The second-order valence-corrected chi connectivity index (χ2v) is 7.47. The van der Waals surface area contributed by atoms with E-state index in [0.717, 1.165) is 31.6 Å². The number of benzene rings is 1. The Bertz CT molecular complexity index is 936. The molecule has 1 aromatic carbocycles. The third-order valence-electron chi connectivity index (χ3n) is 4.84. The van der Waals surface area contributed by atoms with Crippen LogP contribution in [0.2, 0.25) is 0 Å². The number of aryl methyl sites for hydroxylation is 1. The van der Waals surface area contributed by atoms with E-state index in [-0.39, 0.29) is 17.8 Å². The molecule has 0 unspecified atom stereocenters. The number of aromatic nitrogens is 3. The number of carbonyl (C=O) groups excluding carboxylic acids is 1. The minimum atomic E-state index is -0.363. The molecular weight excluding hydrogens is 365 g/mol. The van der Waals surface area contributed by atoms with E-state index in [1.165, 1.54) is 41.3 Å². The van der Waals surface area contributed by atoms with Crippen LogP contribution >= 0.6 is 11.3 Å². The Labute approximate surface area is 160 Å². The quantitative estimate of drug-likeness (QED) is 0.729. The van der Waals surface area contributed by atoms with Gasteiger partial charge in [0.1, 0.15) is 5.82 Å². The monoisotopic (exact) mass is 385 g/mol. The van der Waals surface area contributed by atoms with Gasteiger partial charge in [-0.1, -0.05) is 0 Å². The summed E-state index contributed by atoms with van der Waals surface area (Å²) < 4.78 is 14.9. The average Bonchev–Trinajstić information content (AvgIpc) is 3.38. The van der Waals surface area contributed by atoms with Crippen molar-refractivity contribution in [3.8, 4) is 0 Å². The van der Waals surface area contributed by atoms with Crippen molar-refractivity contribution in [1.29, 1.82) is 0 Å². The predicted octanol–water partition coefficient (Wildman–Crippen LogP) is 3.61. The van der Waals surface area contributed by atoms with Gasteiger partial charge in [0, 0.05) is 30.7 Å². The summed E-state index contributed by atoms with van der Waals surface area (Å²) in [6.07, 6.45) is 3.98. The molecule has 0 bridgehead atoms. The van der Waals surface area contributed by atoms with Crippen LogP contribution in [0.5, 0.6) is 0 Å². The summed E-state index contributed by atoms with van der Waals surface area (Å²) in [4.78, 5) is 19.3. The normalized spacial score (nSPS) is 17.3. The molecule has 0 spiro atoms. The number of amides is 1. The molecule has 3 heterocycles. The second kappa shape index (κ2) is 7.58. The highest BCUT2D eigenvalue weighted by Gasteiger charge is 2.28. The first kappa shape index (κ1) is 17.8. The third kappa shape index (κ3) is 3.91. The Kier molecular flexibility index (Phi) is 5.00. The number of carbonyl (C=O) groups is 1. The molecule has 8 heteroatoms. The van der Waals surface area contributed by atoms with Crippen LogP contribution in [0.15, 0.2) is 41.9 Å². The molecule has 0 aliphatic carbocycles. The molecule has 1 N–H and O–H groups in total. The van der Waals surface area contributed by atoms with Gasteiger partial charge in [0.25, 0.3) is 5.91 Å². The summed E-state index contributed by atoms with van der Waals surface area (Å²) in [7, 11) is 1.95. The number of rotatable bonds is 5. The number of anilines is 1. The Morgan fingerprint density at radius 3 is 2.89 bits per heavy atom. The molecular formula is C19H20FN5OS. The second-order valence-electron chi connectivity index (χ2n) is 6.61. The Morgan fingerprint density at radius 1 is 1.33 bits per heavy atom. The van der Waals surface area contributed by atoms with Crippen LogP contribution in [0.25, 0.3) is 0 Å². The van der Waals surface area contributed by atoms with Crippen molar-refractivity contribution in [2.75, 3.05) is 11.9 Å². The first-order valence-electron chi connectivity index (χ1n) is 8.83. The summed E-state index contributed by atoms with van der Waals surface area (Å²) in [5.41, 5.74) is 2.56. The van der Waals surface area contributed by atoms with Crippen molar-refractivity contribution in [1.82, 2.24) is 19.7 Å². The topological polar surface area (TPSA) is 63.1 Å². The number of hydrogen-bond acceptors (Lipinski definition) is 5. The zero-order valence-electron chi connectivity index (χ0n) is 14.9. The summed E-state index contributed by atoms with van der Waals surface area (Å²) >= 11 is 1.41. The van der Waals surface area contributed by atoms with Gasteiger partial charge < -0.3 is 0 Å². The minimum Gasteiger partial charge on any atom is -0.298 e. The number of nitrogens with one attached hydrogen (secondary N) is 1. The van der Waals surface area contributed by atoms with Gasteiger partial charge >= 0.3 is 0 Å². The van der Waals surface area contributed by atoms with Gasteiger partial charge in [0.15, 0.2) is 5.13 Å². The van der Waals surface area contributed by atoms with Gasteiger partial charge in [-0.2, -0.15) is 5.10 Å².